The zero-order chi connectivity index (χ0) is 13.5. The van der Waals surface area contributed by atoms with E-state index in [-0.39, 0.29) is 6.42 Å². The van der Waals surface area contributed by atoms with Crippen LogP contribution >= 0.6 is 11.3 Å². The topological polar surface area (TPSA) is 73.0 Å². The Bertz CT molecular complexity index is 654. The molecule has 0 aliphatic carbocycles. The van der Waals surface area contributed by atoms with E-state index in [1.54, 1.807) is 11.3 Å². The first-order chi connectivity index (χ1) is 9.15. The molecule has 2 aromatic rings. The third kappa shape index (κ3) is 2.05. The molecule has 19 heavy (non-hydrogen) atoms. The molecule has 0 amide bonds. The van der Waals surface area contributed by atoms with Crippen LogP contribution < -0.4 is 4.90 Å². The van der Waals surface area contributed by atoms with Crippen molar-refractivity contribution in [1.29, 1.82) is 5.26 Å². The summed E-state index contributed by atoms with van der Waals surface area (Å²) in [4.78, 5) is 12.1. The number of fused-ring (bicyclic) bond motifs is 1. The van der Waals surface area contributed by atoms with Crippen molar-refractivity contribution in [2.45, 2.75) is 25.4 Å². The molecule has 2 aromatic heterocycles. The van der Waals surface area contributed by atoms with E-state index in [1.807, 2.05) is 29.3 Å². The number of β-amino-alcohol motifs (C(OH)–C–C–N with tert-alkyl or cyclic N) is 1. The maximum Gasteiger partial charge on any atom is 0.141 e. The lowest BCUT2D eigenvalue weighted by Gasteiger charge is -2.46. The Morgan fingerprint density at radius 3 is 3.00 bits per heavy atom. The number of anilines is 1. The van der Waals surface area contributed by atoms with Crippen LogP contribution in [0.5, 0.6) is 0 Å². The smallest absolute Gasteiger partial charge is 0.141 e. The monoisotopic (exact) mass is 274 g/mol. The van der Waals surface area contributed by atoms with Gasteiger partial charge in [-0.15, -0.1) is 11.3 Å². The van der Waals surface area contributed by atoms with Crippen LogP contribution in [-0.2, 0) is 6.42 Å². The van der Waals surface area contributed by atoms with Gasteiger partial charge in [0.1, 0.15) is 22.1 Å². The molecule has 0 saturated carbocycles. The number of hydrogen-bond donors (Lipinski definition) is 1. The first-order valence-electron chi connectivity index (χ1n) is 6.23. The highest BCUT2D eigenvalue weighted by atomic mass is 32.1. The summed E-state index contributed by atoms with van der Waals surface area (Å²) in [5, 5.41) is 21.8. The van der Waals surface area contributed by atoms with Crippen molar-refractivity contribution in [2.24, 2.45) is 0 Å². The summed E-state index contributed by atoms with van der Waals surface area (Å²) in [6, 6.07) is 4.04. The molecule has 6 heteroatoms. The standard InChI is InChI=1S/C13H14N4OS/c1-2-10-15-11(9-3-6-19-12(9)16-10)17-7-13(18,8-17)4-5-14/h3,6,18H,2,4,7-8H2,1H3. The van der Waals surface area contributed by atoms with Gasteiger partial charge < -0.3 is 10.0 Å². The van der Waals surface area contributed by atoms with E-state index in [0.29, 0.717) is 13.1 Å². The van der Waals surface area contributed by atoms with Crippen molar-refractivity contribution >= 4 is 27.4 Å². The fourth-order valence-electron chi connectivity index (χ4n) is 2.35. The summed E-state index contributed by atoms with van der Waals surface area (Å²) in [6.45, 7) is 2.96. The van der Waals surface area contributed by atoms with Crippen LogP contribution in [0.2, 0.25) is 0 Å². The van der Waals surface area contributed by atoms with Gasteiger partial charge in [-0.1, -0.05) is 6.92 Å². The fraction of sp³-hybridized carbons (Fsp3) is 0.462. The molecular weight excluding hydrogens is 260 g/mol. The van der Waals surface area contributed by atoms with Crippen LogP contribution in [0.4, 0.5) is 5.82 Å². The van der Waals surface area contributed by atoms with Crippen molar-refractivity contribution in [3.8, 4) is 6.07 Å². The Hall–Kier alpha value is -1.71. The average molecular weight is 274 g/mol. The average Bonchev–Trinajstić information content (AvgIpc) is 2.83. The number of hydrogen-bond acceptors (Lipinski definition) is 6. The maximum atomic E-state index is 10.1. The predicted molar refractivity (Wildman–Crippen MR) is 74.2 cm³/mol. The molecule has 3 heterocycles. The molecule has 1 N–H and O–H groups in total. The van der Waals surface area contributed by atoms with Crippen molar-refractivity contribution in [1.82, 2.24) is 9.97 Å². The van der Waals surface area contributed by atoms with Crippen LogP contribution in [0.3, 0.4) is 0 Å². The summed E-state index contributed by atoms with van der Waals surface area (Å²) in [7, 11) is 0. The highest BCUT2D eigenvalue weighted by Crippen LogP contribution is 2.34. The van der Waals surface area contributed by atoms with Crippen LogP contribution in [-0.4, -0.2) is 33.8 Å². The lowest BCUT2D eigenvalue weighted by atomic mass is 9.91. The molecule has 1 aliphatic rings. The van der Waals surface area contributed by atoms with Crippen LogP contribution in [0.25, 0.3) is 10.2 Å². The molecule has 98 valence electrons. The van der Waals surface area contributed by atoms with Gasteiger partial charge in [0.2, 0.25) is 0 Å². The van der Waals surface area contributed by atoms with E-state index >= 15 is 0 Å². The molecule has 1 saturated heterocycles. The number of nitriles is 1. The second-order valence-corrected chi connectivity index (χ2v) is 5.77. The summed E-state index contributed by atoms with van der Waals surface area (Å²) >= 11 is 1.60. The van der Waals surface area contributed by atoms with Crippen LogP contribution in [0, 0.1) is 11.3 Å². The minimum atomic E-state index is -0.881. The molecule has 0 spiro atoms. The molecule has 1 fully saturated rings. The number of nitrogens with zero attached hydrogens (tertiary/aromatic N) is 4. The molecule has 0 unspecified atom stereocenters. The third-order valence-electron chi connectivity index (χ3n) is 3.35. The molecular formula is C13H14N4OS. The summed E-state index contributed by atoms with van der Waals surface area (Å²) in [6.07, 6.45) is 0.957. The van der Waals surface area contributed by atoms with Crippen molar-refractivity contribution in [3.63, 3.8) is 0 Å². The van der Waals surface area contributed by atoms with Gasteiger partial charge in [-0.25, -0.2) is 9.97 Å². The van der Waals surface area contributed by atoms with E-state index in [4.69, 9.17) is 5.26 Å². The number of aromatic nitrogens is 2. The van der Waals surface area contributed by atoms with E-state index in [1.165, 1.54) is 0 Å². The van der Waals surface area contributed by atoms with E-state index < -0.39 is 5.60 Å². The molecule has 0 atom stereocenters. The predicted octanol–water partition coefficient (Wildman–Crippen LogP) is 1.72. The van der Waals surface area contributed by atoms with E-state index in [0.717, 1.165) is 28.3 Å². The van der Waals surface area contributed by atoms with E-state index in [9.17, 15) is 5.11 Å². The van der Waals surface area contributed by atoms with Gasteiger partial charge in [0, 0.05) is 6.42 Å². The summed E-state index contributed by atoms with van der Waals surface area (Å²) < 4.78 is 0. The van der Waals surface area contributed by atoms with Crippen molar-refractivity contribution < 1.29 is 5.11 Å². The molecule has 3 rings (SSSR count). The molecule has 0 aromatic carbocycles. The van der Waals surface area contributed by atoms with E-state index in [2.05, 4.69) is 9.97 Å². The first kappa shape index (κ1) is 12.3. The van der Waals surface area contributed by atoms with Gasteiger partial charge in [0.15, 0.2) is 0 Å². The van der Waals surface area contributed by atoms with Crippen LogP contribution in [0.1, 0.15) is 19.2 Å². The van der Waals surface area contributed by atoms with Crippen molar-refractivity contribution in [3.05, 3.63) is 17.3 Å². The Labute approximate surface area is 115 Å². The number of aryl methyl sites for hydroxylation is 1. The Morgan fingerprint density at radius 1 is 1.53 bits per heavy atom. The highest BCUT2D eigenvalue weighted by Gasteiger charge is 2.42. The Kier molecular flexibility index (Phi) is 2.88. The normalized spacial score (nSPS) is 17.2. The largest absolute Gasteiger partial charge is 0.385 e. The van der Waals surface area contributed by atoms with Gasteiger partial charge in [-0.3, -0.25) is 0 Å². The van der Waals surface area contributed by atoms with Crippen LogP contribution in [0.15, 0.2) is 11.4 Å². The van der Waals surface area contributed by atoms with Gasteiger partial charge in [0.05, 0.1) is 31.0 Å². The van der Waals surface area contributed by atoms with Gasteiger partial charge in [-0.05, 0) is 11.4 Å². The fourth-order valence-corrected chi connectivity index (χ4v) is 3.13. The minimum absolute atomic E-state index is 0.169. The Morgan fingerprint density at radius 2 is 2.32 bits per heavy atom. The second kappa shape index (κ2) is 4.44. The second-order valence-electron chi connectivity index (χ2n) is 4.87. The number of rotatable bonds is 3. The zero-order valence-electron chi connectivity index (χ0n) is 10.6. The quantitative estimate of drug-likeness (QED) is 0.922. The van der Waals surface area contributed by atoms with Gasteiger partial charge in [-0.2, -0.15) is 5.26 Å². The number of aliphatic hydroxyl groups is 1. The molecule has 1 aliphatic heterocycles. The maximum absolute atomic E-state index is 10.1. The zero-order valence-corrected chi connectivity index (χ0v) is 11.4. The highest BCUT2D eigenvalue weighted by molar-refractivity contribution is 7.16. The SMILES string of the molecule is CCc1nc(N2CC(O)(CC#N)C2)c2ccsc2n1. The number of thiophene rings is 1. The lowest BCUT2D eigenvalue weighted by Crippen LogP contribution is -2.62. The third-order valence-corrected chi connectivity index (χ3v) is 4.15. The van der Waals surface area contributed by atoms with Gasteiger partial charge in [0.25, 0.3) is 0 Å². The minimum Gasteiger partial charge on any atom is -0.385 e. The molecule has 0 bridgehead atoms. The van der Waals surface area contributed by atoms with Gasteiger partial charge >= 0.3 is 0 Å². The van der Waals surface area contributed by atoms with Crippen molar-refractivity contribution in [2.75, 3.05) is 18.0 Å². The summed E-state index contributed by atoms with van der Waals surface area (Å²) in [5.41, 5.74) is -0.881. The Balaban J connectivity index is 1.94. The summed E-state index contributed by atoms with van der Waals surface area (Å²) in [5.74, 6) is 1.70. The first-order valence-corrected chi connectivity index (χ1v) is 7.11. The molecule has 5 nitrogen and oxygen atoms in total. The molecule has 0 radical (unpaired) electrons. The lowest BCUT2D eigenvalue weighted by molar-refractivity contribution is 0.0163.